The number of hydrogen-bond donors (Lipinski definition) is 1. The van der Waals surface area contributed by atoms with Crippen molar-refractivity contribution >= 4 is 35.1 Å². The molecule has 1 amide bonds. The monoisotopic (exact) mass is 345 g/mol. The van der Waals surface area contributed by atoms with Crippen molar-refractivity contribution in [2.45, 2.75) is 52.2 Å². The molecule has 4 nitrogen and oxygen atoms in total. The Labute approximate surface area is 141 Å². The molecule has 122 valence electrons. The van der Waals surface area contributed by atoms with Gasteiger partial charge in [-0.05, 0) is 44.5 Å². The van der Waals surface area contributed by atoms with Crippen LogP contribution in [0.5, 0.6) is 0 Å². The third-order valence-corrected chi connectivity index (χ3v) is 3.17. The van der Waals surface area contributed by atoms with Gasteiger partial charge in [-0.2, -0.15) is 0 Å². The van der Waals surface area contributed by atoms with Crippen molar-refractivity contribution in [1.82, 2.24) is 5.32 Å². The molecule has 1 rings (SSSR count). The number of rotatable bonds is 5. The molecule has 1 aromatic carbocycles. The number of hydrogen-bond acceptors (Lipinski definition) is 3. The van der Waals surface area contributed by atoms with Crippen LogP contribution in [0.4, 0.5) is 0 Å². The van der Waals surface area contributed by atoms with E-state index >= 15 is 0 Å². The zero-order chi connectivity index (χ0) is 16.9. The van der Waals surface area contributed by atoms with Crippen molar-refractivity contribution in [2.75, 3.05) is 0 Å². The van der Waals surface area contributed by atoms with Gasteiger partial charge in [0.05, 0.1) is 12.5 Å². The van der Waals surface area contributed by atoms with Crippen LogP contribution in [0, 0.1) is 0 Å². The van der Waals surface area contributed by atoms with Gasteiger partial charge < -0.3 is 10.1 Å². The first kappa shape index (κ1) is 18.8. The normalized spacial score (nSPS) is 12.6. The largest absolute Gasteiger partial charge is 0.460 e. The van der Waals surface area contributed by atoms with Crippen molar-refractivity contribution in [3.8, 4) is 0 Å². The van der Waals surface area contributed by atoms with Gasteiger partial charge in [-0.15, -0.1) is 0 Å². The molecule has 1 unspecified atom stereocenters. The van der Waals surface area contributed by atoms with Gasteiger partial charge in [0.15, 0.2) is 0 Å². The van der Waals surface area contributed by atoms with E-state index in [-0.39, 0.29) is 12.3 Å². The number of esters is 1. The Morgan fingerprint density at radius 3 is 2.18 bits per heavy atom. The molecule has 0 saturated carbocycles. The van der Waals surface area contributed by atoms with Gasteiger partial charge in [-0.1, -0.05) is 30.1 Å². The van der Waals surface area contributed by atoms with Crippen LogP contribution in [-0.4, -0.2) is 17.5 Å². The first-order valence-electron chi connectivity index (χ1n) is 7.08. The minimum Gasteiger partial charge on any atom is -0.460 e. The van der Waals surface area contributed by atoms with Crippen LogP contribution in [0.1, 0.15) is 52.1 Å². The van der Waals surface area contributed by atoms with Crippen molar-refractivity contribution in [3.63, 3.8) is 0 Å². The summed E-state index contributed by atoms with van der Waals surface area (Å²) in [5.74, 6) is -0.561. The lowest BCUT2D eigenvalue weighted by Gasteiger charge is -2.23. The standard InChI is InChI=1S/C16H21Cl2NO3/c1-5-14(20)19-13(9-15(21)22-16(2,3)4)10-6-11(17)8-12(18)7-10/h6-8,13H,5,9H2,1-4H3,(H,19,20). The highest BCUT2D eigenvalue weighted by atomic mass is 35.5. The maximum absolute atomic E-state index is 12.0. The lowest BCUT2D eigenvalue weighted by atomic mass is 10.0. The number of nitrogens with one attached hydrogen (secondary N) is 1. The smallest absolute Gasteiger partial charge is 0.308 e. The van der Waals surface area contributed by atoms with Gasteiger partial charge in [-0.25, -0.2) is 0 Å². The van der Waals surface area contributed by atoms with Crippen molar-refractivity contribution < 1.29 is 14.3 Å². The van der Waals surface area contributed by atoms with Gasteiger partial charge in [-0.3, -0.25) is 9.59 Å². The van der Waals surface area contributed by atoms with Crippen molar-refractivity contribution in [3.05, 3.63) is 33.8 Å². The molecule has 1 aromatic rings. The molecule has 0 aromatic heterocycles. The zero-order valence-electron chi connectivity index (χ0n) is 13.2. The Hall–Kier alpha value is -1.26. The summed E-state index contributed by atoms with van der Waals surface area (Å²) in [4.78, 5) is 23.7. The fourth-order valence-corrected chi connectivity index (χ4v) is 2.42. The molecule has 0 radical (unpaired) electrons. The number of amides is 1. The van der Waals surface area contributed by atoms with Crippen LogP contribution in [0.3, 0.4) is 0 Å². The van der Waals surface area contributed by atoms with Crippen LogP contribution in [0.2, 0.25) is 10.0 Å². The van der Waals surface area contributed by atoms with Crippen LogP contribution >= 0.6 is 23.2 Å². The van der Waals surface area contributed by atoms with Crippen LogP contribution in [0.15, 0.2) is 18.2 Å². The lowest BCUT2D eigenvalue weighted by molar-refractivity contribution is -0.155. The Kier molecular flexibility index (Phi) is 6.69. The van der Waals surface area contributed by atoms with E-state index < -0.39 is 17.6 Å². The zero-order valence-corrected chi connectivity index (χ0v) is 14.7. The molecule has 0 heterocycles. The second kappa shape index (κ2) is 7.84. The van der Waals surface area contributed by atoms with Crippen LogP contribution < -0.4 is 5.32 Å². The van der Waals surface area contributed by atoms with E-state index in [9.17, 15) is 9.59 Å². The molecule has 0 aliphatic heterocycles. The van der Waals surface area contributed by atoms with Crippen LogP contribution in [0.25, 0.3) is 0 Å². The minimum absolute atomic E-state index is 0.0136. The third-order valence-electron chi connectivity index (χ3n) is 2.73. The second-order valence-corrected chi connectivity index (χ2v) is 6.84. The molecule has 1 atom stereocenters. The number of halogens is 2. The molecule has 0 saturated heterocycles. The fourth-order valence-electron chi connectivity index (χ4n) is 1.87. The molecule has 22 heavy (non-hydrogen) atoms. The summed E-state index contributed by atoms with van der Waals surface area (Å²) in [5.41, 5.74) is 0.0905. The topological polar surface area (TPSA) is 55.4 Å². The van der Waals surface area contributed by atoms with E-state index in [0.717, 1.165) is 0 Å². The van der Waals surface area contributed by atoms with Crippen LogP contribution in [-0.2, 0) is 14.3 Å². The first-order chi connectivity index (χ1) is 10.1. The van der Waals surface area contributed by atoms with E-state index in [2.05, 4.69) is 5.32 Å². The van der Waals surface area contributed by atoms with Gasteiger partial charge >= 0.3 is 5.97 Å². The summed E-state index contributed by atoms with van der Waals surface area (Å²) in [6.45, 7) is 7.12. The number of carbonyl (C=O) groups excluding carboxylic acids is 2. The van der Waals surface area contributed by atoms with Gasteiger partial charge in [0.2, 0.25) is 5.91 Å². The van der Waals surface area contributed by atoms with Crippen molar-refractivity contribution in [2.24, 2.45) is 0 Å². The van der Waals surface area contributed by atoms with E-state index in [0.29, 0.717) is 22.0 Å². The summed E-state index contributed by atoms with van der Waals surface area (Å²) in [5, 5.41) is 3.69. The molecule has 0 fully saturated rings. The molecule has 6 heteroatoms. The summed E-state index contributed by atoms with van der Waals surface area (Å²) in [6.07, 6.45) is 0.332. The third kappa shape index (κ3) is 6.67. The number of ether oxygens (including phenoxy) is 1. The molecule has 0 spiro atoms. The fraction of sp³-hybridized carbons (Fsp3) is 0.500. The van der Waals surface area contributed by atoms with E-state index in [1.165, 1.54) is 0 Å². The highest BCUT2D eigenvalue weighted by Crippen LogP contribution is 2.26. The first-order valence-corrected chi connectivity index (χ1v) is 7.83. The molecular formula is C16H21Cl2NO3. The molecular weight excluding hydrogens is 325 g/mol. The summed E-state index contributed by atoms with van der Waals surface area (Å²) in [6, 6.07) is 4.42. The maximum atomic E-state index is 12.0. The Morgan fingerprint density at radius 2 is 1.73 bits per heavy atom. The summed E-state index contributed by atoms with van der Waals surface area (Å²) >= 11 is 12.0. The van der Waals surface area contributed by atoms with E-state index in [1.807, 2.05) is 0 Å². The van der Waals surface area contributed by atoms with E-state index in [1.54, 1.807) is 45.9 Å². The summed E-state index contributed by atoms with van der Waals surface area (Å²) in [7, 11) is 0. The molecule has 0 aliphatic rings. The van der Waals surface area contributed by atoms with Crippen molar-refractivity contribution in [1.29, 1.82) is 0 Å². The SMILES string of the molecule is CCC(=O)NC(CC(=O)OC(C)(C)C)c1cc(Cl)cc(Cl)c1. The maximum Gasteiger partial charge on any atom is 0.308 e. The second-order valence-electron chi connectivity index (χ2n) is 5.97. The highest BCUT2D eigenvalue weighted by molar-refractivity contribution is 6.34. The number of benzene rings is 1. The predicted molar refractivity (Wildman–Crippen MR) is 88.1 cm³/mol. The predicted octanol–water partition coefficient (Wildman–Crippen LogP) is 4.29. The molecule has 1 N–H and O–H groups in total. The van der Waals surface area contributed by atoms with Gasteiger partial charge in [0, 0.05) is 16.5 Å². The Morgan fingerprint density at radius 1 is 1.18 bits per heavy atom. The highest BCUT2D eigenvalue weighted by Gasteiger charge is 2.23. The minimum atomic E-state index is -0.581. The average Bonchev–Trinajstić information content (AvgIpc) is 2.34. The molecule has 0 aliphatic carbocycles. The lowest BCUT2D eigenvalue weighted by Crippen LogP contribution is -2.32. The van der Waals surface area contributed by atoms with E-state index in [4.69, 9.17) is 27.9 Å². The number of carbonyl (C=O) groups is 2. The van der Waals surface area contributed by atoms with Gasteiger partial charge in [0.25, 0.3) is 0 Å². The Balaban J connectivity index is 2.97. The van der Waals surface area contributed by atoms with Gasteiger partial charge in [0.1, 0.15) is 5.60 Å². The quantitative estimate of drug-likeness (QED) is 0.809. The summed E-state index contributed by atoms with van der Waals surface area (Å²) < 4.78 is 5.31. The molecule has 0 bridgehead atoms. The average molecular weight is 346 g/mol. The Bertz CT molecular complexity index is 533.